The Balaban J connectivity index is 2.37. The van der Waals surface area contributed by atoms with Crippen molar-refractivity contribution >= 4 is 16.7 Å². The van der Waals surface area contributed by atoms with Crippen LogP contribution in [0.3, 0.4) is 0 Å². The highest BCUT2D eigenvalue weighted by atomic mass is 16.5. The molecule has 22 heavy (non-hydrogen) atoms. The van der Waals surface area contributed by atoms with E-state index in [4.69, 9.17) is 9.47 Å². The first kappa shape index (κ1) is 14.1. The molecule has 110 valence electrons. The van der Waals surface area contributed by atoms with Crippen LogP contribution in [0.2, 0.25) is 0 Å². The molecule has 3 rings (SSSR count). The third-order valence-corrected chi connectivity index (χ3v) is 3.71. The van der Waals surface area contributed by atoms with Crippen molar-refractivity contribution in [1.82, 2.24) is 0 Å². The first-order valence-corrected chi connectivity index (χ1v) is 6.99. The van der Waals surface area contributed by atoms with Crippen LogP contribution in [-0.2, 0) is 4.74 Å². The van der Waals surface area contributed by atoms with Crippen LogP contribution in [0, 0.1) is 0 Å². The molecule has 0 spiro atoms. The van der Waals surface area contributed by atoms with Crippen LogP contribution in [-0.4, -0.2) is 20.2 Å². The molecule has 0 aliphatic carbocycles. The molecule has 0 radical (unpaired) electrons. The lowest BCUT2D eigenvalue weighted by molar-refractivity contribution is 0.0601. The number of hydrogen-bond acceptors (Lipinski definition) is 3. The predicted octanol–water partition coefficient (Wildman–Crippen LogP) is 4.30. The number of ether oxygens (including phenoxy) is 2. The van der Waals surface area contributed by atoms with E-state index in [0.717, 1.165) is 27.6 Å². The van der Waals surface area contributed by atoms with Crippen molar-refractivity contribution in [3.8, 4) is 16.9 Å². The number of carbonyl (C=O) groups is 1. The van der Waals surface area contributed by atoms with Crippen LogP contribution < -0.4 is 4.74 Å². The molecule has 3 aromatic carbocycles. The second kappa shape index (κ2) is 5.90. The average Bonchev–Trinajstić information content (AvgIpc) is 2.60. The topological polar surface area (TPSA) is 35.5 Å². The molecule has 0 aliphatic heterocycles. The Labute approximate surface area is 129 Å². The Morgan fingerprint density at radius 1 is 0.864 bits per heavy atom. The first-order valence-electron chi connectivity index (χ1n) is 6.99. The summed E-state index contributed by atoms with van der Waals surface area (Å²) in [5, 5.41) is 2.14. The van der Waals surface area contributed by atoms with Crippen LogP contribution in [0.4, 0.5) is 0 Å². The van der Waals surface area contributed by atoms with Gasteiger partial charge in [0.05, 0.1) is 19.8 Å². The molecule has 0 heterocycles. The second-order valence-corrected chi connectivity index (χ2v) is 4.90. The number of rotatable bonds is 3. The molecule has 0 aromatic heterocycles. The molecular formula is C19H16O3. The van der Waals surface area contributed by atoms with Gasteiger partial charge in [-0.05, 0) is 22.9 Å². The molecule has 3 aromatic rings. The van der Waals surface area contributed by atoms with Gasteiger partial charge in [0.15, 0.2) is 0 Å². The van der Waals surface area contributed by atoms with Crippen LogP contribution in [0.5, 0.6) is 5.75 Å². The minimum atomic E-state index is -0.356. The number of fused-ring (bicyclic) bond motifs is 1. The minimum absolute atomic E-state index is 0.356. The summed E-state index contributed by atoms with van der Waals surface area (Å²) < 4.78 is 10.4. The van der Waals surface area contributed by atoms with E-state index in [-0.39, 0.29) is 5.97 Å². The van der Waals surface area contributed by atoms with E-state index in [1.54, 1.807) is 13.2 Å². The van der Waals surface area contributed by atoms with Gasteiger partial charge in [-0.3, -0.25) is 0 Å². The monoisotopic (exact) mass is 292 g/mol. The van der Waals surface area contributed by atoms with Crippen LogP contribution >= 0.6 is 0 Å². The second-order valence-electron chi connectivity index (χ2n) is 4.90. The van der Waals surface area contributed by atoms with E-state index in [1.165, 1.54) is 7.11 Å². The van der Waals surface area contributed by atoms with Crippen molar-refractivity contribution in [3.63, 3.8) is 0 Å². The van der Waals surface area contributed by atoms with Gasteiger partial charge in [0.1, 0.15) is 5.75 Å². The molecule has 0 aliphatic rings. The Kier molecular flexibility index (Phi) is 3.79. The lowest BCUT2D eigenvalue weighted by Gasteiger charge is -2.15. The number of benzene rings is 3. The number of carbonyl (C=O) groups excluding carboxylic acids is 1. The molecular weight excluding hydrogens is 276 g/mol. The van der Waals surface area contributed by atoms with Gasteiger partial charge in [0, 0.05) is 11.1 Å². The van der Waals surface area contributed by atoms with Crippen molar-refractivity contribution in [1.29, 1.82) is 0 Å². The zero-order valence-electron chi connectivity index (χ0n) is 12.5. The van der Waals surface area contributed by atoms with Crippen molar-refractivity contribution in [2.75, 3.05) is 14.2 Å². The largest absolute Gasteiger partial charge is 0.496 e. The Morgan fingerprint density at radius 3 is 2.36 bits per heavy atom. The fourth-order valence-corrected chi connectivity index (χ4v) is 2.69. The Bertz CT molecular complexity index is 837. The highest BCUT2D eigenvalue weighted by molar-refractivity contribution is 6.06. The quantitative estimate of drug-likeness (QED) is 0.675. The Morgan fingerprint density at radius 2 is 1.59 bits per heavy atom. The SMILES string of the molecule is COC(=O)c1ccccc1-c1c(OC)ccc2ccccc12. The van der Waals surface area contributed by atoms with E-state index in [1.807, 2.05) is 54.6 Å². The van der Waals surface area contributed by atoms with Gasteiger partial charge >= 0.3 is 5.97 Å². The standard InChI is InChI=1S/C19H16O3/c1-21-17-12-11-13-7-3-4-8-14(13)18(17)15-9-5-6-10-16(15)19(20)22-2/h3-12H,1-2H3. The van der Waals surface area contributed by atoms with E-state index in [9.17, 15) is 4.79 Å². The summed E-state index contributed by atoms with van der Waals surface area (Å²) in [6.07, 6.45) is 0. The molecule has 0 amide bonds. The predicted molar refractivity (Wildman–Crippen MR) is 87.3 cm³/mol. The summed E-state index contributed by atoms with van der Waals surface area (Å²) in [7, 11) is 3.02. The van der Waals surface area contributed by atoms with E-state index in [2.05, 4.69) is 0 Å². The summed E-state index contributed by atoms with van der Waals surface area (Å²) >= 11 is 0. The molecule has 0 bridgehead atoms. The zero-order chi connectivity index (χ0) is 15.5. The summed E-state index contributed by atoms with van der Waals surface area (Å²) in [6.45, 7) is 0. The highest BCUT2D eigenvalue weighted by Crippen LogP contribution is 2.38. The molecule has 0 unspecified atom stereocenters. The fraction of sp³-hybridized carbons (Fsp3) is 0.105. The van der Waals surface area contributed by atoms with Crippen LogP contribution in [0.25, 0.3) is 21.9 Å². The van der Waals surface area contributed by atoms with Crippen molar-refractivity contribution in [2.24, 2.45) is 0 Å². The molecule has 3 heteroatoms. The van der Waals surface area contributed by atoms with Gasteiger partial charge in [-0.1, -0.05) is 48.5 Å². The first-order chi connectivity index (χ1) is 10.8. The van der Waals surface area contributed by atoms with Crippen molar-refractivity contribution in [2.45, 2.75) is 0 Å². The third kappa shape index (κ3) is 2.31. The van der Waals surface area contributed by atoms with Gasteiger partial charge in [0.25, 0.3) is 0 Å². The summed E-state index contributed by atoms with van der Waals surface area (Å²) in [4.78, 5) is 12.1. The molecule has 0 N–H and O–H groups in total. The number of methoxy groups -OCH3 is 2. The maximum Gasteiger partial charge on any atom is 0.338 e. The van der Waals surface area contributed by atoms with Crippen LogP contribution in [0.1, 0.15) is 10.4 Å². The van der Waals surface area contributed by atoms with Gasteiger partial charge in [-0.15, -0.1) is 0 Å². The zero-order valence-corrected chi connectivity index (χ0v) is 12.5. The average molecular weight is 292 g/mol. The maximum absolute atomic E-state index is 12.1. The summed E-state index contributed by atoms with van der Waals surface area (Å²) in [6, 6.07) is 19.4. The Hall–Kier alpha value is -2.81. The third-order valence-electron chi connectivity index (χ3n) is 3.71. The summed E-state index contributed by atoms with van der Waals surface area (Å²) in [5.74, 6) is 0.376. The normalized spacial score (nSPS) is 10.5. The van der Waals surface area contributed by atoms with E-state index < -0.39 is 0 Å². The maximum atomic E-state index is 12.1. The lowest BCUT2D eigenvalue weighted by Crippen LogP contribution is -2.04. The summed E-state index contributed by atoms with van der Waals surface area (Å²) in [5.41, 5.74) is 2.24. The van der Waals surface area contributed by atoms with Gasteiger partial charge in [-0.25, -0.2) is 4.79 Å². The smallest absolute Gasteiger partial charge is 0.338 e. The molecule has 0 atom stereocenters. The van der Waals surface area contributed by atoms with Crippen molar-refractivity contribution in [3.05, 3.63) is 66.2 Å². The lowest BCUT2D eigenvalue weighted by atomic mass is 9.93. The van der Waals surface area contributed by atoms with E-state index >= 15 is 0 Å². The molecule has 0 saturated heterocycles. The minimum Gasteiger partial charge on any atom is -0.496 e. The number of hydrogen-bond donors (Lipinski definition) is 0. The van der Waals surface area contributed by atoms with E-state index in [0.29, 0.717) is 5.56 Å². The molecule has 0 saturated carbocycles. The fourth-order valence-electron chi connectivity index (χ4n) is 2.69. The molecule has 3 nitrogen and oxygen atoms in total. The number of esters is 1. The van der Waals surface area contributed by atoms with Gasteiger partial charge in [-0.2, -0.15) is 0 Å². The van der Waals surface area contributed by atoms with Gasteiger partial charge in [0.2, 0.25) is 0 Å². The van der Waals surface area contributed by atoms with Crippen molar-refractivity contribution < 1.29 is 14.3 Å². The molecule has 0 fully saturated rings. The highest BCUT2D eigenvalue weighted by Gasteiger charge is 2.17. The van der Waals surface area contributed by atoms with Crippen LogP contribution in [0.15, 0.2) is 60.7 Å². The van der Waals surface area contributed by atoms with Gasteiger partial charge < -0.3 is 9.47 Å².